The lowest BCUT2D eigenvalue weighted by Crippen LogP contribution is -2.60. The predicted molar refractivity (Wildman–Crippen MR) is 148 cm³/mol. The zero-order valence-corrected chi connectivity index (χ0v) is 24.0. The van der Waals surface area contributed by atoms with Crippen molar-refractivity contribution in [2.45, 2.75) is 71.7 Å². The van der Waals surface area contributed by atoms with E-state index in [2.05, 4.69) is 0 Å². The van der Waals surface area contributed by atoms with Gasteiger partial charge in [-0.2, -0.15) is 0 Å². The molecule has 42 heavy (non-hydrogen) atoms. The molecule has 4 rings (SSSR count). The second-order valence-corrected chi connectivity index (χ2v) is 9.94. The Morgan fingerprint density at radius 1 is 0.762 bits per heavy atom. The second kappa shape index (κ2) is 13.0. The molecular formula is C31H33NO10. The number of fused-ring (bicyclic) bond motifs is 1. The van der Waals surface area contributed by atoms with E-state index in [-0.39, 0.29) is 12.4 Å². The molecule has 1 aliphatic heterocycles. The SMILES string of the molecule is CCc1ccc(C(=O)c2cn([C@@H]3O[C@H](COC(C)=O)[C@@H](OC(C)=O)[C@H](OC(C)=O)[C@H]3OC(C)=O)c3ccccc23)cc1. The Morgan fingerprint density at radius 2 is 1.36 bits per heavy atom. The highest BCUT2D eigenvalue weighted by atomic mass is 16.7. The van der Waals surface area contributed by atoms with Crippen molar-refractivity contribution >= 4 is 40.6 Å². The summed E-state index contributed by atoms with van der Waals surface area (Å²) in [6, 6.07) is 14.4. The quantitative estimate of drug-likeness (QED) is 0.210. The van der Waals surface area contributed by atoms with Crippen molar-refractivity contribution in [1.82, 2.24) is 4.57 Å². The van der Waals surface area contributed by atoms with Crippen LogP contribution in [0.2, 0.25) is 0 Å². The summed E-state index contributed by atoms with van der Waals surface area (Å²) >= 11 is 0. The summed E-state index contributed by atoms with van der Waals surface area (Å²) in [6.45, 7) is 6.37. The number of carbonyl (C=O) groups is 5. The first-order chi connectivity index (χ1) is 20.0. The van der Waals surface area contributed by atoms with Gasteiger partial charge in [-0.15, -0.1) is 0 Å². The minimum absolute atomic E-state index is 0.238. The zero-order valence-electron chi connectivity index (χ0n) is 24.0. The Kier molecular flexibility index (Phi) is 9.41. The van der Waals surface area contributed by atoms with Crippen LogP contribution < -0.4 is 0 Å². The molecule has 0 aliphatic carbocycles. The van der Waals surface area contributed by atoms with E-state index in [1.54, 1.807) is 47.2 Å². The average molecular weight is 580 g/mol. The molecule has 2 aromatic carbocycles. The van der Waals surface area contributed by atoms with E-state index in [0.29, 0.717) is 22.0 Å². The summed E-state index contributed by atoms with van der Waals surface area (Å²) in [5.74, 6) is -3.02. The van der Waals surface area contributed by atoms with Crippen LogP contribution in [0.5, 0.6) is 0 Å². The van der Waals surface area contributed by atoms with Gasteiger partial charge in [0.25, 0.3) is 0 Å². The fourth-order valence-electron chi connectivity index (χ4n) is 5.07. The molecule has 0 spiro atoms. The summed E-state index contributed by atoms with van der Waals surface area (Å²) in [6.07, 6.45) is -3.83. The summed E-state index contributed by atoms with van der Waals surface area (Å²) in [7, 11) is 0. The summed E-state index contributed by atoms with van der Waals surface area (Å²) in [4.78, 5) is 62.0. The third-order valence-corrected chi connectivity index (χ3v) is 6.85. The number of ether oxygens (including phenoxy) is 5. The van der Waals surface area contributed by atoms with Crippen LogP contribution in [0.4, 0.5) is 0 Å². The number of hydrogen-bond acceptors (Lipinski definition) is 10. The minimum atomic E-state index is -1.34. The Bertz CT molecular complexity index is 1490. The van der Waals surface area contributed by atoms with Crippen LogP contribution in [-0.4, -0.2) is 65.3 Å². The number of hydrogen-bond donors (Lipinski definition) is 0. The van der Waals surface area contributed by atoms with Gasteiger partial charge in [0.1, 0.15) is 12.7 Å². The van der Waals surface area contributed by atoms with Gasteiger partial charge in [-0.3, -0.25) is 24.0 Å². The van der Waals surface area contributed by atoms with Crippen LogP contribution in [0, 0.1) is 0 Å². The van der Waals surface area contributed by atoms with Crippen molar-refractivity contribution in [1.29, 1.82) is 0 Å². The van der Waals surface area contributed by atoms with Gasteiger partial charge in [-0.25, -0.2) is 0 Å². The Balaban J connectivity index is 1.87. The average Bonchev–Trinajstić information content (AvgIpc) is 3.32. The largest absolute Gasteiger partial charge is 0.463 e. The molecule has 3 aromatic rings. The highest BCUT2D eigenvalue weighted by Gasteiger charge is 2.53. The van der Waals surface area contributed by atoms with Crippen LogP contribution >= 0.6 is 0 Å². The lowest BCUT2D eigenvalue weighted by Gasteiger charge is -2.44. The number of para-hydroxylation sites is 1. The van der Waals surface area contributed by atoms with E-state index >= 15 is 0 Å². The number of benzene rings is 2. The van der Waals surface area contributed by atoms with Crippen molar-refractivity contribution in [3.8, 4) is 0 Å². The van der Waals surface area contributed by atoms with E-state index < -0.39 is 54.5 Å². The van der Waals surface area contributed by atoms with E-state index in [1.807, 2.05) is 19.1 Å². The number of rotatable bonds is 9. The van der Waals surface area contributed by atoms with Crippen molar-refractivity contribution in [3.05, 3.63) is 71.4 Å². The first-order valence-electron chi connectivity index (χ1n) is 13.5. The van der Waals surface area contributed by atoms with Crippen molar-refractivity contribution in [2.24, 2.45) is 0 Å². The lowest BCUT2D eigenvalue weighted by atomic mass is 9.97. The van der Waals surface area contributed by atoms with E-state index in [9.17, 15) is 24.0 Å². The third-order valence-electron chi connectivity index (χ3n) is 6.85. The van der Waals surface area contributed by atoms with Crippen LogP contribution in [0.25, 0.3) is 10.9 Å². The molecule has 1 saturated heterocycles. The fourth-order valence-corrected chi connectivity index (χ4v) is 5.07. The Labute approximate surface area is 242 Å². The Hall–Kier alpha value is -4.51. The molecule has 0 amide bonds. The standard InChI is InChI=1S/C31H33NO10/c1-6-21-11-13-22(14-12-21)27(37)24-15-32(25-10-8-7-9-23(24)25)31-30(41-20(5)36)29(40-19(4)35)28(39-18(3)34)26(42-31)16-38-17(2)33/h7-15,26,28-31H,6,16H2,1-5H3/t26-,28-,29+,30-,31-/m1/s1. The highest BCUT2D eigenvalue weighted by Crippen LogP contribution is 2.38. The topological polar surface area (TPSA) is 136 Å². The molecule has 222 valence electrons. The maximum absolute atomic E-state index is 13.7. The van der Waals surface area contributed by atoms with Crippen LogP contribution in [0.3, 0.4) is 0 Å². The molecule has 0 N–H and O–H groups in total. The molecule has 0 saturated carbocycles. The fraction of sp³-hybridized carbons (Fsp3) is 0.387. The van der Waals surface area contributed by atoms with Gasteiger partial charge in [0.15, 0.2) is 30.3 Å². The monoisotopic (exact) mass is 579 g/mol. The summed E-state index contributed by atoms with van der Waals surface area (Å²) < 4.78 is 29.8. The number of carbonyl (C=O) groups excluding carboxylic acids is 5. The van der Waals surface area contributed by atoms with Crippen LogP contribution in [0.15, 0.2) is 54.7 Å². The van der Waals surface area contributed by atoms with Gasteiger partial charge in [0.2, 0.25) is 0 Å². The van der Waals surface area contributed by atoms with Gasteiger partial charge < -0.3 is 28.3 Å². The van der Waals surface area contributed by atoms with Crippen LogP contribution in [-0.2, 0) is 49.3 Å². The highest BCUT2D eigenvalue weighted by molar-refractivity contribution is 6.16. The number of aromatic nitrogens is 1. The number of aryl methyl sites for hydroxylation is 1. The van der Waals surface area contributed by atoms with Gasteiger partial charge in [-0.1, -0.05) is 49.4 Å². The summed E-state index contributed by atoms with van der Waals surface area (Å²) in [5.41, 5.74) is 2.50. The second-order valence-electron chi connectivity index (χ2n) is 9.94. The van der Waals surface area contributed by atoms with E-state index in [4.69, 9.17) is 23.7 Å². The Morgan fingerprint density at radius 3 is 1.95 bits per heavy atom. The van der Waals surface area contributed by atoms with Gasteiger partial charge >= 0.3 is 23.9 Å². The lowest BCUT2D eigenvalue weighted by molar-refractivity contribution is -0.267. The first kappa shape index (κ1) is 30.4. The van der Waals surface area contributed by atoms with Gasteiger partial charge in [0, 0.05) is 50.4 Å². The number of esters is 4. The van der Waals surface area contributed by atoms with Gasteiger partial charge in [-0.05, 0) is 18.1 Å². The summed E-state index contributed by atoms with van der Waals surface area (Å²) in [5, 5.41) is 0.606. The molecule has 1 aliphatic rings. The molecule has 2 heterocycles. The number of ketones is 1. The third kappa shape index (κ3) is 6.68. The van der Waals surface area contributed by atoms with Crippen molar-refractivity contribution in [3.63, 3.8) is 0 Å². The number of nitrogens with zero attached hydrogens (tertiary/aromatic N) is 1. The zero-order chi connectivity index (χ0) is 30.6. The molecule has 1 fully saturated rings. The van der Waals surface area contributed by atoms with Crippen molar-refractivity contribution < 1.29 is 47.7 Å². The minimum Gasteiger partial charge on any atom is -0.463 e. The molecule has 1 aromatic heterocycles. The van der Waals surface area contributed by atoms with E-state index in [0.717, 1.165) is 25.8 Å². The molecule has 0 unspecified atom stereocenters. The molecule has 0 radical (unpaired) electrons. The van der Waals surface area contributed by atoms with Gasteiger partial charge in [0.05, 0.1) is 5.52 Å². The van der Waals surface area contributed by atoms with E-state index in [1.165, 1.54) is 13.8 Å². The maximum Gasteiger partial charge on any atom is 0.303 e. The smallest absolute Gasteiger partial charge is 0.303 e. The van der Waals surface area contributed by atoms with Crippen LogP contribution in [0.1, 0.15) is 62.3 Å². The molecule has 11 nitrogen and oxygen atoms in total. The maximum atomic E-state index is 13.7. The molecule has 5 atom stereocenters. The molecule has 0 bridgehead atoms. The first-order valence-corrected chi connectivity index (χ1v) is 13.5. The van der Waals surface area contributed by atoms with Crippen molar-refractivity contribution in [2.75, 3.05) is 6.61 Å². The predicted octanol–water partition coefficient (Wildman–Crippen LogP) is 3.69. The molecular weight excluding hydrogens is 546 g/mol. The molecule has 11 heteroatoms. The normalized spacial score (nSPS) is 21.8.